The van der Waals surface area contributed by atoms with Gasteiger partial charge in [-0.1, -0.05) is 0 Å². The molecule has 0 aliphatic heterocycles. The van der Waals surface area contributed by atoms with Gasteiger partial charge in [-0.2, -0.15) is 0 Å². The summed E-state index contributed by atoms with van der Waals surface area (Å²) in [6, 6.07) is 1.40. The number of nitrogens with two attached hydrogens (primary N) is 1. The Bertz CT molecular complexity index is 590. The smallest absolute Gasteiger partial charge is 0.337 e. The van der Waals surface area contributed by atoms with Crippen molar-refractivity contribution in [2.75, 3.05) is 5.73 Å². The first-order chi connectivity index (χ1) is 8.47. The van der Waals surface area contributed by atoms with Gasteiger partial charge in [0.2, 0.25) is 0 Å². The van der Waals surface area contributed by atoms with Crippen molar-refractivity contribution in [2.45, 2.75) is 24.1 Å². The third-order valence-corrected chi connectivity index (χ3v) is 3.12. The van der Waals surface area contributed by atoms with Gasteiger partial charge in [0.05, 0.1) is 23.1 Å². The first-order valence-electron chi connectivity index (χ1n) is 5.08. The van der Waals surface area contributed by atoms with Gasteiger partial charge in [0.15, 0.2) is 0 Å². The molecule has 0 aliphatic rings. The minimum atomic E-state index is -1.09. The van der Waals surface area contributed by atoms with Crippen LogP contribution in [0.2, 0.25) is 0 Å². The van der Waals surface area contributed by atoms with Gasteiger partial charge in [0.1, 0.15) is 10.8 Å². The number of hydrogen-bond acceptors (Lipinski definition) is 6. The van der Waals surface area contributed by atoms with E-state index in [2.05, 4.69) is 9.97 Å². The minimum absolute atomic E-state index is 0.0208. The molecule has 0 unspecified atom stereocenters. The van der Waals surface area contributed by atoms with Crippen LogP contribution in [-0.2, 0) is 0 Å². The summed E-state index contributed by atoms with van der Waals surface area (Å²) < 4.78 is 5.38. The molecule has 0 aromatic carbocycles. The zero-order valence-corrected chi connectivity index (χ0v) is 10.6. The molecule has 0 aliphatic carbocycles. The molecule has 94 valence electrons. The molecule has 2 aromatic heterocycles. The Kier molecular flexibility index (Phi) is 3.24. The molecule has 0 bridgehead atoms. The van der Waals surface area contributed by atoms with Crippen molar-refractivity contribution >= 4 is 23.4 Å². The quantitative estimate of drug-likeness (QED) is 0.876. The Hall–Kier alpha value is -2.02. The van der Waals surface area contributed by atoms with Crippen LogP contribution in [0.4, 0.5) is 5.69 Å². The van der Waals surface area contributed by atoms with Gasteiger partial charge in [-0.3, -0.25) is 0 Å². The number of rotatable bonds is 3. The van der Waals surface area contributed by atoms with Crippen LogP contribution in [0.5, 0.6) is 0 Å². The van der Waals surface area contributed by atoms with Crippen molar-refractivity contribution in [1.82, 2.24) is 9.97 Å². The van der Waals surface area contributed by atoms with Crippen LogP contribution in [0.1, 0.15) is 21.8 Å². The summed E-state index contributed by atoms with van der Waals surface area (Å²) in [4.78, 5) is 19.1. The zero-order valence-electron chi connectivity index (χ0n) is 9.80. The van der Waals surface area contributed by atoms with Crippen LogP contribution < -0.4 is 5.73 Å². The number of oxazole rings is 1. The predicted molar refractivity (Wildman–Crippen MR) is 65.7 cm³/mol. The van der Waals surface area contributed by atoms with E-state index in [-0.39, 0.29) is 11.3 Å². The first-order valence-corrected chi connectivity index (χ1v) is 5.89. The number of hydrogen-bond donors (Lipinski definition) is 2. The van der Waals surface area contributed by atoms with Gasteiger partial charge in [-0.05, 0) is 31.7 Å². The van der Waals surface area contributed by atoms with E-state index >= 15 is 0 Å². The molecule has 3 N–H and O–H groups in total. The van der Waals surface area contributed by atoms with Crippen LogP contribution in [0.3, 0.4) is 0 Å². The molecule has 0 radical (unpaired) electrons. The second-order valence-electron chi connectivity index (χ2n) is 3.64. The highest BCUT2D eigenvalue weighted by molar-refractivity contribution is 7.99. The number of pyridine rings is 1. The molecule has 2 aromatic rings. The molecule has 0 fully saturated rings. The van der Waals surface area contributed by atoms with Crippen molar-refractivity contribution in [2.24, 2.45) is 0 Å². The van der Waals surface area contributed by atoms with E-state index in [1.165, 1.54) is 12.3 Å². The lowest BCUT2D eigenvalue weighted by atomic mass is 10.2. The Balaban J connectivity index is 2.29. The highest BCUT2D eigenvalue weighted by Gasteiger charge is 2.13. The van der Waals surface area contributed by atoms with E-state index in [1.807, 2.05) is 13.8 Å². The van der Waals surface area contributed by atoms with Gasteiger partial charge < -0.3 is 15.3 Å². The number of carboxylic acid groups (broad SMARTS) is 1. The van der Waals surface area contributed by atoms with Gasteiger partial charge >= 0.3 is 5.97 Å². The zero-order chi connectivity index (χ0) is 13.3. The maximum atomic E-state index is 10.9. The molecule has 7 heteroatoms. The fourth-order valence-electron chi connectivity index (χ4n) is 1.26. The maximum absolute atomic E-state index is 10.9. The number of carboxylic acids is 1. The number of aromatic carboxylic acids is 1. The Morgan fingerprint density at radius 2 is 2.22 bits per heavy atom. The number of nitrogen functional groups attached to an aromatic ring is 1. The van der Waals surface area contributed by atoms with E-state index in [9.17, 15) is 4.79 Å². The number of aryl methyl sites for hydroxylation is 2. The second kappa shape index (κ2) is 4.69. The molecule has 2 rings (SSSR count). The van der Waals surface area contributed by atoms with Crippen LogP contribution in [0.15, 0.2) is 26.9 Å². The molecule has 0 atom stereocenters. The SMILES string of the molecule is Cc1nc(Sc2cc(C(=O)O)c(N)cn2)oc1C. The van der Waals surface area contributed by atoms with Crippen LogP contribution >= 0.6 is 11.8 Å². The van der Waals surface area contributed by atoms with Gasteiger partial charge in [-0.25, -0.2) is 14.8 Å². The molecule has 2 heterocycles. The second-order valence-corrected chi connectivity index (χ2v) is 4.61. The molecule has 0 spiro atoms. The molecular weight excluding hydrogens is 254 g/mol. The molecule has 0 amide bonds. The fraction of sp³-hybridized carbons (Fsp3) is 0.182. The monoisotopic (exact) mass is 265 g/mol. The summed E-state index contributed by atoms with van der Waals surface area (Å²) in [6.07, 6.45) is 1.31. The summed E-state index contributed by atoms with van der Waals surface area (Å²) in [5.41, 5.74) is 6.47. The average Bonchev–Trinajstić information content (AvgIpc) is 2.60. The first kappa shape index (κ1) is 12.4. The maximum Gasteiger partial charge on any atom is 0.337 e. The lowest BCUT2D eigenvalue weighted by molar-refractivity contribution is 0.0697. The van der Waals surface area contributed by atoms with Gasteiger partial charge in [0, 0.05) is 0 Å². The van der Waals surface area contributed by atoms with Crippen LogP contribution in [0.25, 0.3) is 0 Å². The van der Waals surface area contributed by atoms with E-state index in [4.69, 9.17) is 15.3 Å². The van der Waals surface area contributed by atoms with E-state index < -0.39 is 5.97 Å². The third-order valence-electron chi connectivity index (χ3n) is 2.34. The van der Waals surface area contributed by atoms with Crippen molar-refractivity contribution in [1.29, 1.82) is 0 Å². The molecule has 6 nitrogen and oxygen atoms in total. The Morgan fingerprint density at radius 3 is 2.78 bits per heavy atom. The summed E-state index contributed by atoms with van der Waals surface area (Å²) in [5.74, 6) is -0.358. The lowest BCUT2D eigenvalue weighted by Gasteiger charge is -2.02. The van der Waals surface area contributed by atoms with Crippen molar-refractivity contribution in [3.05, 3.63) is 29.3 Å². The predicted octanol–water partition coefficient (Wildman–Crippen LogP) is 2.12. The minimum Gasteiger partial charge on any atom is -0.478 e. The summed E-state index contributed by atoms with van der Waals surface area (Å²) in [6.45, 7) is 3.65. The van der Waals surface area contributed by atoms with Gasteiger partial charge in [0.25, 0.3) is 5.22 Å². The highest BCUT2D eigenvalue weighted by atomic mass is 32.2. The lowest BCUT2D eigenvalue weighted by Crippen LogP contribution is -2.03. The van der Waals surface area contributed by atoms with E-state index in [1.54, 1.807) is 0 Å². The fourth-order valence-corrected chi connectivity index (χ4v) is 2.07. The normalized spacial score (nSPS) is 10.6. The standard InChI is InChI=1S/C11H11N3O3S/c1-5-6(2)17-11(14-5)18-9-3-7(10(15)16)8(12)4-13-9/h3-4H,12H2,1-2H3,(H,15,16). The number of aromatic nitrogens is 2. The van der Waals surface area contributed by atoms with E-state index in [0.29, 0.717) is 10.2 Å². The van der Waals surface area contributed by atoms with Gasteiger partial charge in [-0.15, -0.1) is 0 Å². The van der Waals surface area contributed by atoms with Crippen LogP contribution in [0, 0.1) is 13.8 Å². The molecule has 18 heavy (non-hydrogen) atoms. The molecular formula is C11H11N3O3S. The molecule has 0 saturated carbocycles. The van der Waals surface area contributed by atoms with E-state index in [0.717, 1.165) is 23.2 Å². The average molecular weight is 265 g/mol. The van der Waals surface area contributed by atoms with Crippen molar-refractivity contribution in [3.8, 4) is 0 Å². The Labute approximate surface area is 107 Å². The van der Waals surface area contributed by atoms with Crippen molar-refractivity contribution < 1.29 is 14.3 Å². The third kappa shape index (κ3) is 2.45. The molecule has 0 saturated heterocycles. The Morgan fingerprint density at radius 1 is 1.50 bits per heavy atom. The topological polar surface area (TPSA) is 102 Å². The largest absolute Gasteiger partial charge is 0.478 e. The van der Waals surface area contributed by atoms with Crippen molar-refractivity contribution in [3.63, 3.8) is 0 Å². The summed E-state index contributed by atoms with van der Waals surface area (Å²) in [7, 11) is 0. The number of nitrogens with zero attached hydrogens (tertiary/aromatic N) is 2. The van der Waals surface area contributed by atoms with Crippen LogP contribution in [-0.4, -0.2) is 21.0 Å². The number of anilines is 1. The number of carbonyl (C=O) groups is 1. The summed E-state index contributed by atoms with van der Waals surface area (Å²) in [5, 5.41) is 9.85. The highest BCUT2D eigenvalue weighted by Crippen LogP contribution is 2.28. The summed E-state index contributed by atoms with van der Waals surface area (Å²) >= 11 is 1.16.